The molecule has 168 valence electrons. The van der Waals surface area contributed by atoms with Crippen molar-refractivity contribution < 1.29 is 20.1 Å². The summed E-state index contributed by atoms with van der Waals surface area (Å²) < 4.78 is 5.99. The highest BCUT2D eigenvalue weighted by Crippen LogP contribution is 2.45. The molecule has 4 rings (SSSR count). The first-order chi connectivity index (χ1) is 15.7. The molecule has 0 aromatic heterocycles. The van der Waals surface area contributed by atoms with Crippen molar-refractivity contribution in [1.82, 2.24) is 0 Å². The number of phenolic OH excluding ortho intramolecular Hbond substituents is 3. The van der Waals surface area contributed by atoms with E-state index in [1.54, 1.807) is 24.3 Å². The summed E-state index contributed by atoms with van der Waals surface area (Å²) in [5.41, 5.74) is 5.36. The Kier molecular flexibility index (Phi) is 5.88. The minimum atomic E-state index is 0.0992. The Balaban J connectivity index is 1.78. The molecule has 0 bridgehead atoms. The monoisotopic (exact) mass is 441 g/mol. The molecule has 0 atom stereocenters. The predicted octanol–water partition coefficient (Wildman–Crippen LogP) is 7.30. The molecule has 0 spiro atoms. The predicted molar refractivity (Wildman–Crippen MR) is 132 cm³/mol. The van der Waals surface area contributed by atoms with E-state index in [1.165, 1.54) is 0 Å². The summed E-state index contributed by atoms with van der Waals surface area (Å²) in [5.74, 6) is 1.30. The summed E-state index contributed by atoms with van der Waals surface area (Å²) in [7, 11) is 0. The number of ether oxygens (including phenoxy) is 1. The average Bonchev–Trinajstić information content (AvgIpc) is 2.80. The minimum Gasteiger partial charge on any atom is -0.506 e. The van der Waals surface area contributed by atoms with Crippen LogP contribution in [0.4, 0.5) is 17.1 Å². The van der Waals surface area contributed by atoms with Gasteiger partial charge in [0.15, 0.2) is 11.5 Å². The van der Waals surface area contributed by atoms with Crippen LogP contribution >= 0.6 is 0 Å². The third-order valence-electron chi connectivity index (χ3n) is 5.59. The Morgan fingerprint density at radius 1 is 0.606 bits per heavy atom. The molecular weight excluding hydrogens is 414 g/mol. The van der Waals surface area contributed by atoms with Gasteiger partial charge in [0.25, 0.3) is 0 Å². The second-order valence-corrected chi connectivity index (χ2v) is 8.29. The van der Waals surface area contributed by atoms with Crippen molar-refractivity contribution in [2.45, 2.75) is 27.7 Å². The second kappa shape index (κ2) is 8.79. The van der Waals surface area contributed by atoms with E-state index in [2.05, 4.69) is 0 Å². The van der Waals surface area contributed by atoms with Crippen molar-refractivity contribution in [2.24, 2.45) is 0 Å². The molecular formula is C28H27NO4. The van der Waals surface area contributed by atoms with Gasteiger partial charge in [-0.25, -0.2) is 0 Å². The van der Waals surface area contributed by atoms with Crippen molar-refractivity contribution in [3.63, 3.8) is 0 Å². The molecule has 0 aliphatic rings. The first kappa shape index (κ1) is 22.1. The van der Waals surface area contributed by atoms with Crippen LogP contribution in [0.5, 0.6) is 28.7 Å². The Morgan fingerprint density at radius 3 is 1.67 bits per heavy atom. The Bertz CT molecular complexity index is 1260. The summed E-state index contributed by atoms with van der Waals surface area (Å²) in [5, 5.41) is 31.7. The largest absolute Gasteiger partial charge is 0.506 e. The van der Waals surface area contributed by atoms with Crippen LogP contribution in [0.2, 0.25) is 0 Å². The normalized spacial score (nSPS) is 10.8. The van der Waals surface area contributed by atoms with Crippen molar-refractivity contribution >= 4 is 17.1 Å². The van der Waals surface area contributed by atoms with Gasteiger partial charge in [-0.2, -0.15) is 0 Å². The Labute approximate surface area is 193 Å². The summed E-state index contributed by atoms with van der Waals surface area (Å²) >= 11 is 0. The van der Waals surface area contributed by atoms with Gasteiger partial charge in [-0.05, 0) is 98.5 Å². The van der Waals surface area contributed by atoms with Crippen LogP contribution in [0.1, 0.15) is 22.3 Å². The van der Waals surface area contributed by atoms with Crippen LogP contribution in [0.25, 0.3) is 0 Å². The number of rotatable bonds is 5. The topological polar surface area (TPSA) is 73.2 Å². The highest BCUT2D eigenvalue weighted by molar-refractivity contribution is 5.83. The number of phenols is 3. The first-order valence-corrected chi connectivity index (χ1v) is 10.7. The third-order valence-corrected chi connectivity index (χ3v) is 5.59. The molecule has 0 radical (unpaired) electrons. The molecule has 0 aliphatic heterocycles. The summed E-state index contributed by atoms with van der Waals surface area (Å²) in [6.45, 7) is 7.60. The number of aryl methyl sites for hydroxylation is 4. The third kappa shape index (κ3) is 4.44. The van der Waals surface area contributed by atoms with Gasteiger partial charge in [0.1, 0.15) is 17.2 Å². The lowest BCUT2D eigenvalue weighted by Gasteiger charge is -2.27. The van der Waals surface area contributed by atoms with Gasteiger partial charge in [0, 0.05) is 5.69 Å². The fraction of sp³-hybridized carbons (Fsp3) is 0.143. The number of benzene rings is 4. The van der Waals surface area contributed by atoms with Crippen LogP contribution in [-0.4, -0.2) is 15.3 Å². The fourth-order valence-electron chi connectivity index (χ4n) is 3.71. The number of anilines is 3. The van der Waals surface area contributed by atoms with Crippen LogP contribution in [0.15, 0.2) is 72.8 Å². The van der Waals surface area contributed by atoms with Crippen molar-refractivity contribution in [1.29, 1.82) is 0 Å². The van der Waals surface area contributed by atoms with Gasteiger partial charge in [-0.1, -0.05) is 24.3 Å². The standard InChI is InChI=1S/C28H27NO4/c1-17-5-13-25(30)23(15-17)29(24-16-18(2)6-14-26(24)31)21-9-11-22(12-10-21)33-28-20(4)8-7-19(3)27(28)32/h5-16,30-32H,1-4H3. The van der Waals surface area contributed by atoms with Crippen molar-refractivity contribution in [3.05, 3.63) is 95.1 Å². The lowest BCUT2D eigenvalue weighted by Crippen LogP contribution is -2.11. The molecule has 0 fully saturated rings. The van der Waals surface area contributed by atoms with E-state index in [1.807, 2.05) is 81.1 Å². The van der Waals surface area contributed by atoms with Gasteiger partial charge >= 0.3 is 0 Å². The maximum atomic E-state index is 10.6. The zero-order valence-electron chi connectivity index (χ0n) is 19.1. The zero-order chi connectivity index (χ0) is 23.7. The number of hydrogen-bond acceptors (Lipinski definition) is 5. The van der Waals surface area contributed by atoms with Gasteiger partial charge in [-0.15, -0.1) is 0 Å². The Morgan fingerprint density at radius 2 is 1.12 bits per heavy atom. The van der Waals surface area contributed by atoms with Gasteiger partial charge < -0.3 is 25.0 Å². The molecule has 33 heavy (non-hydrogen) atoms. The molecule has 4 aromatic carbocycles. The summed E-state index contributed by atoms with van der Waals surface area (Å²) in [6.07, 6.45) is 0. The highest BCUT2D eigenvalue weighted by atomic mass is 16.5. The fourth-order valence-corrected chi connectivity index (χ4v) is 3.71. The molecule has 0 saturated carbocycles. The molecule has 0 aliphatic carbocycles. The van der Waals surface area contributed by atoms with E-state index in [0.717, 1.165) is 27.9 Å². The van der Waals surface area contributed by atoms with Gasteiger partial charge in [0.05, 0.1) is 11.4 Å². The van der Waals surface area contributed by atoms with Crippen LogP contribution < -0.4 is 9.64 Å². The molecule has 5 heteroatoms. The average molecular weight is 442 g/mol. The molecule has 5 nitrogen and oxygen atoms in total. The maximum absolute atomic E-state index is 10.6. The van der Waals surface area contributed by atoms with E-state index in [0.29, 0.717) is 22.9 Å². The van der Waals surface area contributed by atoms with Crippen LogP contribution in [0.3, 0.4) is 0 Å². The molecule has 0 saturated heterocycles. The summed E-state index contributed by atoms with van der Waals surface area (Å²) in [4.78, 5) is 1.81. The minimum absolute atomic E-state index is 0.0992. The quantitative estimate of drug-likeness (QED) is 0.303. The summed E-state index contributed by atoms with van der Waals surface area (Å²) in [6, 6.07) is 21.7. The van der Waals surface area contributed by atoms with E-state index < -0.39 is 0 Å². The lowest BCUT2D eigenvalue weighted by molar-refractivity contribution is 0.406. The Hall–Kier alpha value is -4.12. The number of nitrogens with zero attached hydrogens (tertiary/aromatic N) is 1. The van der Waals surface area contributed by atoms with Crippen molar-refractivity contribution in [3.8, 4) is 28.7 Å². The van der Waals surface area contributed by atoms with Gasteiger partial charge in [-0.3, -0.25) is 0 Å². The maximum Gasteiger partial charge on any atom is 0.172 e. The number of hydrogen-bond donors (Lipinski definition) is 3. The van der Waals surface area contributed by atoms with E-state index in [-0.39, 0.29) is 17.2 Å². The smallest absolute Gasteiger partial charge is 0.172 e. The van der Waals surface area contributed by atoms with E-state index in [4.69, 9.17) is 4.74 Å². The van der Waals surface area contributed by atoms with E-state index >= 15 is 0 Å². The molecule has 0 amide bonds. The lowest BCUT2D eigenvalue weighted by atomic mass is 10.1. The van der Waals surface area contributed by atoms with Crippen LogP contribution in [-0.2, 0) is 0 Å². The molecule has 3 N–H and O–H groups in total. The highest BCUT2D eigenvalue weighted by Gasteiger charge is 2.20. The molecule has 0 heterocycles. The first-order valence-electron chi connectivity index (χ1n) is 10.7. The van der Waals surface area contributed by atoms with E-state index in [9.17, 15) is 15.3 Å². The molecule has 4 aromatic rings. The van der Waals surface area contributed by atoms with Gasteiger partial charge in [0.2, 0.25) is 0 Å². The number of aromatic hydroxyl groups is 3. The SMILES string of the molecule is Cc1ccc(O)c(N(c2ccc(Oc3c(C)ccc(C)c3O)cc2)c2cc(C)ccc2O)c1. The second-order valence-electron chi connectivity index (χ2n) is 8.29. The van der Waals surface area contributed by atoms with Crippen LogP contribution in [0, 0.1) is 27.7 Å². The zero-order valence-corrected chi connectivity index (χ0v) is 19.1. The molecule has 0 unspecified atom stereocenters. The van der Waals surface area contributed by atoms with Crippen molar-refractivity contribution in [2.75, 3.05) is 4.90 Å².